The summed E-state index contributed by atoms with van der Waals surface area (Å²) in [5.74, 6) is -1.90. The van der Waals surface area contributed by atoms with Crippen LogP contribution in [0.5, 0.6) is 0 Å². The maximum Gasteiger partial charge on any atom is 0.325 e. The van der Waals surface area contributed by atoms with Gasteiger partial charge in [0.2, 0.25) is 15.6 Å². The number of carbonyl (C=O) groups is 4. The Balaban J connectivity index is 2.00. The van der Waals surface area contributed by atoms with Crippen molar-refractivity contribution < 1.29 is 23.9 Å². The number of hydrogen-bond donors (Lipinski definition) is 3. The second kappa shape index (κ2) is 14.4. The number of rotatable bonds is 10. The first-order chi connectivity index (χ1) is 17.0. The van der Waals surface area contributed by atoms with Crippen LogP contribution in [0.3, 0.4) is 0 Å². The first-order valence-electron chi connectivity index (χ1n) is 11.6. The van der Waals surface area contributed by atoms with Crippen LogP contribution in [0.25, 0.3) is 0 Å². The quantitative estimate of drug-likeness (QED) is 0.230. The first kappa shape index (κ1) is 29.9. The number of nitrogens with one attached hydrogen (secondary N) is 3. The van der Waals surface area contributed by atoms with E-state index >= 15 is 0 Å². The predicted octanol–water partition coefficient (Wildman–Crippen LogP) is 2.59. The molecule has 2 rings (SSSR count). The van der Waals surface area contributed by atoms with Crippen LogP contribution < -0.4 is 16.1 Å². The number of allylic oxidation sites excluding steroid dienone is 1. The molecule has 0 aliphatic carbocycles. The van der Waals surface area contributed by atoms with Gasteiger partial charge in [-0.15, -0.1) is 0 Å². The van der Waals surface area contributed by atoms with Crippen molar-refractivity contribution in [1.29, 1.82) is 0 Å². The molecule has 0 unspecified atom stereocenters. The summed E-state index contributed by atoms with van der Waals surface area (Å²) in [4.78, 5) is 50.6. The van der Waals surface area contributed by atoms with E-state index in [4.69, 9.17) is 39.5 Å². The fraction of sp³-hybridized carbons (Fsp3) is 0.500. The molecule has 1 aromatic carbocycles. The van der Waals surface area contributed by atoms with Crippen LogP contribution in [0.1, 0.15) is 38.7 Å². The summed E-state index contributed by atoms with van der Waals surface area (Å²) in [5.41, 5.74) is 3.68. The summed E-state index contributed by atoms with van der Waals surface area (Å²) in [5, 5.41) is 6.68. The summed E-state index contributed by atoms with van der Waals surface area (Å²) in [6, 6.07) is 6.65. The number of hydrazine groups is 1. The van der Waals surface area contributed by atoms with E-state index in [-0.39, 0.29) is 18.7 Å². The topological polar surface area (TPSA) is 117 Å². The zero-order valence-corrected chi connectivity index (χ0v) is 22.4. The molecule has 0 radical (unpaired) electrons. The van der Waals surface area contributed by atoms with Crippen molar-refractivity contribution in [2.24, 2.45) is 0 Å². The van der Waals surface area contributed by atoms with Crippen LogP contribution in [-0.4, -0.2) is 63.8 Å². The van der Waals surface area contributed by atoms with Gasteiger partial charge in [-0.3, -0.25) is 24.2 Å². The fourth-order valence-corrected chi connectivity index (χ4v) is 3.68. The molecule has 198 valence electrons. The first-order valence-corrected chi connectivity index (χ1v) is 12.7. The van der Waals surface area contributed by atoms with E-state index in [1.54, 1.807) is 19.1 Å². The van der Waals surface area contributed by atoms with E-state index in [0.717, 1.165) is 5.56 Å². The average Bonchev–Trinajstić information content (AvgIpc) is 2.85. The zero-order valence-electron chi connectivity index (χ0n) is 20.1. The normalized spacial score (nSPS) is 17.8. The van der Waals surface area contributed by atoms with Crippen LogP contribution in [0.4, 0.5) is 0 Å². The van der Waals surface area contributed by atoms with Crippen molar-refractivity contribution in [3.05, 3.63) is 48.0 Å². The van der Waals surface area contributed by atoms with Gasteiger partial charge in [-0.2, -0.15) is 0 Å². The van der Waals surface area contributed by atoms with Crippen molar-refractivity contribution in [3.8, 4) is 0 Å². The Morgan fingerprint density at radius 3 is 2.53 bits per heavy atom. The molecule has 36 heavy (non-hydrogen) atoms. The third-order valence-corrected chi connectivity index (χ3v) is 5.64. The molecule has 0 spiro atoms. The van der Waals surface area contributed by atoms with Gasteiger partial charge in [0.25, 0.3) is 5.91 Å². The van der Waals surface area contributed by atoms with Crippen molar-refractivity contribution in [3.63, 3.8) is 0 Å². The van der Waals surface area contributed by atoms with Crippen LogP contribution in [-0.2, 0) is 30.3 Å². The summed E-state index contributed by atoms with van der Waals surface area (Å²) in [6.07, 6.45) is 4.80. The minimum atomic E-state index is -1.74. The van der Waals surface area contributed by atoms with E-state index in [9.17, 15) is 19.2 Å². The molecule has 12 heteroatoms. The number of halogens is 3. The van der Waals surface area contributed by atoms with Crippen LogP contribution in [0, 0.1) is 0 Å². The summed E-state index contributed by atoms with van der Waals surface area (Å²) in [6.45, 7) is 3.25. The van der Waals surface area contributed by atoms with Gasteiger partial charge in [0, 0.05) is 19.4 Å². The Hall–Kier alpha value is -2.33. The molecular formula is C24H31Cl3N4O5. The molecule has 0 saturated carbocycles. The van der Waals surface area contributed by atoms with E-state index < -0.39 is 46.3 Å². The van der Waals surface area contributed by atoms with Gasteiger partial charge in [0.15, 0.2) is 0 Å². The van der Waals surface area contributed by atoms with Gasteiger partial charge >= 0.3 is 5.97 Å². The molecule has 1 aromatic rings. The third kappa shape index (κ3) is 10.3. The van der Waals surface area contributed by atoms with Crippen molar-refractivity contribution in [2.45, 2.75) is 61.4 Å². The minimum absolute atomic E-state index is 0.136. The molecular weight excluding hydrogens is 531 g/mol. The fourth-order valence-electron chi connectivity index (χ4n) is 3.52. The standard InChI is InChI=1S/C24H31Cl3N4O5/c1-3-4-12-20(32)29-19(14-17-9-6-5-7-10-17)21(33)28-16(2)22(34)31-13-8-11-18(30-31)23(35)36-15-24(25,26)27/h3-7,9-10,16,18-19,30H,8,11-15H2,1-2H3,(H,28,33)(H,29,32)/b4-3+/t16-,18-,19-/m0/s1. The van der Waals surface area contributed by atoms with Gasteiger partial charge in [0.1, 0.15) is 24.7 Å². The highest BCUT2D eigenvalue weighted by molar-refractivity contribution is 6.67. The Labute approximate surface area is 225 Å². The largest absolute Gasteiger partial charge is 0.460 e. The summed E-state index contributed by atoms with van der Waals surface area (Å²) < 4.78 is 3.26. The lowest BCUT2D eigenvalue weighted by Crippen LogP contribution is -2.60. The molecule has 9 nitrogen and oxygen atoms in total. The Kier molecular flexibility index (Phi) is 12.0. The third-order valence-electron chi connectivity index (χ3n) is 5.32. The maximum atomic E-state index is 13.1. The molecule has 1 heterocycles. The Bertz CT molecular complexity index is 939. The average molecular weight is 562 g/mol. The van der Waals surface area contributed by atoms with Gasteiger partial charge < -0.3 is 15.4 Å². The lowest BCUT2D eigenvalue weighted by molar-refractivity contribution is -0.152. The van der Waals surface area contributed by atoms with Crippen LogP contribution in [0.2, 0.25) is 0 Å². The predicted molar refractivity (Wildman–Crippen MR) is 138 cm³/mol. The number of ether oxygens (including phenoxy) is 1. The molecule has 1 fully saturated rings. The van der Waals surface area contributed by atoms with E-state index in [2.05, 4.69) is 16.1 Å². The number of hydrogen-bond acceptors (Lipinski definition) is 6. The second-order valence-corrected chi connectivity index (χ2v) is 10.9. The molecule has 1 aliphatic rings. The smallest absolute Gasteiger partial charge is 0.325 e. The van der Waals surface area contributed by atoms with E-state index in [0.29, 0.717) is 19.4 Å². The number of esters is 1. The highest BCUT2D eigenvalue weighted by Gasteiger charge is 2.33. The minimum Gasteiger partial charge on any atom is -0.460 e. The lowest BCUT2D eigenvalue weighted by atomic mass is 10.0. The van der Waals surface area contributed by atoms with Gasteiger partial charge in [-0.25, -0.2) is 5.43 Å². The number of amides is 3. The highest BCUT2D eigenvalue weighted by atomic mass is 35.6. The molecule has 3 amide bonds. The molecule has 1 saturated heterocycles. The number of nitrogens with zero attached hydrogens (tertiary/aromatic N) is 1. The van der Waals surface area contributed by atoms with Crippen LogP contribution in [0.15, 0.2) is 42.5 Å². The molecule has 3 atom stereocenters. The number of benzene rings is 1. The van der Waals surface area contributed by atoms with Crippen molar-refractivity contribution >= 4 is 58.5 Å². The van der Waals surface area contributed by atoms with Crippen molar-refractivity contribution in [2.75, 3.05) is 13.2 Å². The van der Waals surface area contributed by atoms with Crippen molar-refractivity contribution in [1.82, 2.24) is 21.1 Å². The van der Waals surface area contributed by atoms with Gasteiger partial charge in [-0.05, 0) is 32.3 Å². The SMILES string of the molecule is C/C=C/CC(=O)N[C@@H](Cc1ccccc1)C(=O)N[C@@H](C)C(=O)N1CCC[C@@H](C(=O)OCC(Cl)(Cl)Cl)N1. The molecule has 3 N–H and O–H groups in total. The molecule has 1 aliphatic heterocycles. The van der Waals surface area contributed by atoms with Gasteiger partial charge in [-0.1, -0.05) is 77.3 Å². The molecule has 0 bridgehead atoms. The Morgan fingerprint density at radius 2 is 1.89 bits per heavy atom. The van der Waals surface area contributed by atoms with E-state index in [1.807, 2.05) is 30.3 Å². The van der Waals surface area contributed by atoms with Gasteiger partial charge in [0.05, 0.1) is 0 Å². The van der Waals surface area contributed by atoms with E-state index in [1.165, 1.54) is 11.9 Å². The lowest BCUT2D eigenvalue weighted by Gasteiger charge is -2.34. The summed E-state index contributed by atoms with van der Waals surface area (Å²) in [7, 11) is 0. The maximum absolute atomic E-state index is 13.1. The van der Waals surface area contributed by atoms with Crippen LogP contribution >= 0.6 is 34.8 Å². The number of alkyl halides is 3. The second-order valence-electron chi connectivity index (χ2n) is 8.35. The zero-order chi connectivity index (χ0) is 26.7. The summed E-state index contributed by atoms with van der Waals surface area (Å²) >= 11 is 16.9. The Morgan fingerprint density at radius 1 is 1.19 bits per heavy atom. The molecule has 0 aromatic heterocycles. The highest BCUT2D eigenvalue weighted by Crippen LogP contribution is 2.26. The monoisotopic (exact) mass is 560 g/mol. The number of carbonyl (C=O) groups excluding carboxylic acids is 4.